The normalized spacial score (nSPS) is 10.3. The molecule has 0 unspecified atom stereocenters. The van der Waals surface area contributed by atoms with Crippen LogP contribution in [0, 0.1) is 0 Å². The second-order valence-electron chi connectivity index (χ2n) is 3.37. The second-order valence-corrected chi connectivity index (χ2v) is 3.78. The Bertz CT molecular complexity index is 595. The third kappa shape index (κ3) is 2.27. The molecule has 0 fully saturated rings. The molecule has 1 aromatic carbocycles. The lowest BCUT2D eigenvalue weighted by atomic mass is 10.3. The third-order valence-electron chi connectivity index (χ3n) is 2.12. The van der Waals surface area contributed by atoms with Crippen molar-refractivity contribution < 1.29 is 0 Å². The molecule has 1 heterocycles. The molecule has 0 amide bonds. The number of rotatable bonds is 2. The van der Waals surface area contributed by atoms with Gasteiger partial charge in [0.2, 0.25) is 5.95 Å². The van der Waals surface area contributed by atoms with Gasteiger partial charge in [-0.2, -0.15) is 4.98 Å². The molecule has 0 saturated heterocycles. The van der Waals surface area contributed by atoms with Crippen LogP contribution in [-0.2, 0) is 0 Å². The molecule has 0 aliphatic heterocycles. The molecule has 2 rings (SSSR count). The molecule has 1 aromatic heterocycles. The summed E-state index contributed by atoms with van der Waals surface area (Å²) in [5.74, 6) is 5.59. The van der Waals surface area contributed by atoms with Gasteiger partial charge < -0.3 is 0 Å². The second kappa shape index (κ2) is 4.52. The van der Waals surface area contributed by atoms with E-state index in [1.165, 1.54) is 15.9 Å². The van der Waals surface area contributed by atoms with Gasteiger partial charge in [-0.15, -0.1) is 0 Å². The minimum atomic E-state index is -0.486. The summed E-state index contributed by atoms with van der Waals surface area (Å²) in [6, 6.07) is 6.95. The molecule has 0 spiro atoms. The summed E-state index contributed by atoms with van der Waals surface area (Å²) in [5.41, 5.74) is 0.0470. The summed E-state index contributed by atoms with van der Waals surface area (Å²) in [5, 5.41) is 1.62. The average molecular weight is 252 g/mol. The molecule has 6 nitrogen and oxygen atoms in total. The van der Waals surface area contributed by atoms with Crippen LogP contribution in [0.5, 0.6) is 0 Å². The van der Waals surface area contributed by atoms with Crippen molar-refractivity contribution in [2.24, 2.45) is 5.84 Å². The van der Waals surface area contributed by atoms with Crippen LogP contribution in [0.4, 0.5) is 5.95 Å². The van der Waals surface area contributed by atoms with Gasteiger partial charge >= 0.3 is 5.69 Å². The Labute approximate surface area is 102 Å². The summed E-state index contributed by atoms with van der Waals surface area (Å²) in [7, 11) is 1.55. The maximum Gasteiger partial charge on any atom is 0.356 e. The van der Waals surface area contributed by atoms with Crippen LogP contribution in [0.1, 0.15) is 0 Å². The van der Waals surface area contributed by atoms with Gasteiger partial charge in [-0.25, -0.2) is 20.2 Å². The zero-order valence-electron chi connectivity index (χ0n) is 9.04. The van der Waals surface area contributed by atoms with Crippen LogP contribution in [-0.4, -0.2) is 21.6 Å². The van der Waals surface area contributed by atoms with Gasteiger partial charge in [-0.3, -0.25) is 5.01 Å². The number of para-hydroxylation sites is 1. The van der Waals surface area contributed by atoms with Crippen molar-refractivity contribution in [2.75, 3.05) is 12.1 Å². The van der Waals surface area contributed by atoms with E-state index in [4.69, 9.17) is 17.4 Å². The number of benzene rings is 1. The summed E-state index contributed by atoms with van der Waals surface area (Å²) in [6.45, 7) is 0. The minimum Gasteiger partial charge on any atom is -0.282 e. The highest BCUT2D eigenvalue weighted by Crippen LogP contribution is 2.17. The predicted octanol–water partition coefficient (Wildman–Crippen LogP) is 0.591. The minimum absolute atomic E-state index is 0.151. The van der Waals surface area contributed by atoms with Crippen LogP contribution >= 0.6 is 11.6 Å². The van der Waals surface area contributed by atoms with Crippen LogP contribution in [0.3, 0.4) is 0 Å². The zero-order chi connectivity index (χ0) is 12.4. The number of hydrazine groups is 1. The number of nitrogens with two attached hydrogens (primary N) is 1. The van der Waals surface area contributed by atoms with E-state index >= 15 is 0 Å². The van der Waals surface area contributed by atoms with Crippen molar-refractivity contribution in [3.8, 4) is 5.69 Å². The Hall–Kier alpha value is -1.92. The van der Waals surface area contributed by atoms with Crippen LogP contribution < -0.4 is 16.5 Å². The van der Waals surface area contributed by atoms with Crippen molar-refractivity contribution in [1.82, 2.24) is 14.5 Å². The summed E-state index contributed by atoms with van der Waals surface area (Å²) in [4.78, 5) is 19.4. The van der Waals surface area contributed by atoms with Gasteiger partial charge in [0.1, 0.15) is 6.33 Å². The first kappa shape index (κ1) is 11.6. The predicted molar refractivity (Wildman–Crippen MR) is 65.2 cm³/mol. The molecule has 88 valence electrons. The molecule has 0 atom stereocenters. The third-order valence-corrected chi connectivity index (χ3v) is 2.44. The van der Waals surface area contributed by atoms with E-state index in [1.807, 2.05) is 0 Å². The smallest absolute Gasteiger partial charge is 0.282 e. The molecular weight excluding hydrogens is 242 g/mol. The largest absolute Gasteiger partial charge is 0.356 e. The molecular formula is C10H10ClN5O. The molecule has 2 N–H and O–H groups in total. The molecule has 0 aliphatic rings. The highest BCUT2D eigenvalue weighted by atomic mass is 35.5. The average Bonchev–Trinajstić information content (AvgIpc) is 2.30. The quantitative estimate of drug-likeness (QED) is 0.624. The summed E-state index contributed by atoms with van der Waals surface area (Å²) < 4.78 is 1.26. The lowest BCUT2D eigenvalue weighted by molar-refractivity contribution is 0.819. The van der Waals surface area contributed by atoms with E-state index in [0.29, 0.717) is 10.7 Å². The zero-order valence-corrected chi connectivity index (χ0v) is 9.80. The molecule has 7 heteroatoms. The Morgan fingerprint density at radius 2 is 2.12 bits per heavy atom. The fraction of sp³-hybridized carbons (Fsp3) is 0.100. The van der Waals surface area contributed by atoms with Crippen LogP contribution in [0.15, 0.2) is 35.4 Å². The van der Waals surface area contributed by atoms with E-state index in [9.17, 15) is 4.79 Å². The van der Waals surface area contributed by atoms with Gasteiger partial charge in [0.15, 0.2) is 0 Å². The lowest BCUT2D eigenvalue weighted by Gasteiger charge is -2.10. The van der Waals surface area contributed by atoms with Crippen molar-refractivity contribution in [3.05, 3.63) is 46.1 Å². The molecule has 2 aromatic rings. The fourth-order valence-electron chi connectivity index (χ4n) is 1.31. The number of anilines is 1. The Balaban J connectivity index is 2.55. The van der Waals surface area contributed by atoms with Gasteiger partial charge in [-0.05, 0) is 12.1 Å². The summed E-state index contributed by atoms with van der Waals surface area (Å²) >= 11 is 5.98. The molecule has 0 bridgehead atoms. The first-order valence-corrected chi connectivity index (χ1v) is 5.16. The molecule has 0 aliphatic carbocycles. The van der Waals surface area contributed by atoms with Crippen molar-refractivity contribution in [3.63, 3.8) is 0 Å². The maximum absolute atomic E-state index is 11.8. The lowest BCUT2D eigenvalue weighted by Crippen LogP contribution is -2.32. The fourth-order valence-corrected chi connectivity index (χ4v) is 1.54. The van der Waals surface area contributed by atoms with E-state index in [1.54, 1.807) is 31.3 Å². The van der Waals surface area contributed by atoms with E-state index in [0.717, 1.165) is 0 Å². The number of aromatic nitrogens is 3. The van der Waals surface area contributed by atoms with Crippen molar-refractivity contribution in [2.45, 2.75) is 0 Å². The van der Waals surface area contributed by atoms with Crippen LogP contribution in [0.25, 0.3) is 5.69 Å². The van der Waals surface area contributed by atoms with E-state index in [-0.39, 0.29) is 5.95 Å². The van der Waals surface area contributed by atoms with Gasteiger partial charge in [0.05, 0.1) is 10.7 Å². The highest BCUT2D eigenvalue weighted by Gasteiger charge is 2.07. The SMILES string of the molecule is CN(N)c1ncn(-c2ccccc2Cl)c(=O)n1. The van der Waals surface area contributed by atoms with Crippen molar-refractivity contribution >= 4 is 17.5 Å². The monoisotopic (exact) mass is 251 g/mol. The van der Waals surface area contributed by atoms with Gasteiger partial charge in [0.25, 0.3) is 0 Å². The molecule has 17 heavy (non-hydrogen) atoms. The van der Waals surface area contributed by atoms with E-state index in [2.05, 4.69) is 9.97 Å². The Morgan fingerprint density at radius 1 is 1.41 bits per heavy atom. The maximum atomic E-state index is 11.8. The standard InChI is InChI=1S/C10H10ClN5O/c1-15(12)9-13-6-16(10(17)14-9)8-5-3-2-4-7(8)11/h2-6H,12H2,1H3. The van der Waals surface area contributed by atoms with Gasteiger partial charge in [0, 0.05) is 7.05 Å². The highest BCUT2D eigenvalue weighted by molar-refractivity contribution is 6.32. The first-order valence-electron chi connectivity index (χ1n) is 4.78. The molecule has 0 saturated carbocycles. The topological polar surface area (TPSA) is 77.0 Å². The number of halogens is 1. The summed E-state index contributed by atoms with van der Waals surface area (Å²) in [6.07, 6.45) is 1.34. The number of nitrogens with zero attached hydrogens (tertiary/aromatic N) is 4. The number of hydrogen-bond acceptors (Lipinski definition) is 5. The van der Waals surface area contributed by atoms with Crippen molar-refractivity contribution in [1.29, 1.82) is 0 Å². The first-order chi connectivity index (χ1) is 8.09. The number of hydrogen-bond donors (Lipinski definition) is 1. The molecule has 0 radical (unpaired) electrons. The Morgan fingerprint density at radius 3 is 2.71 bits per heavy atom. The Kier molecular flexibility index (Phi) is 3.08. The van der Waals surface area contributed by atoms with Gasteiger partial charge in [-0.1, -0.05) is 23.7 Å². The van der Waals surface area contributed by atoms with E-state index < -0.39 is 5.69 Å². The van der Waals surface area contributed by atoms with Crippen LogP contribution in [0.2, 0.25) is 5.02 Å².